The molecule has 0 unspecified atom stereocenters. The second-order valence-electron chi connectivity index (χ2n) is 6.06. The Morgan fingerprint density at radius 1 is 1.11 bits per heavy atom. The second kappa shape index (κ2) is 8.01. The molecule has 0 aliphatic rings. The molecule has 1 aromatic heterocycles. The van der Waals surface area contributed by atoms with Gasteiger partial charge in [0.2, 0.25) is 5.91 Å². The molecule has 0 saturated carbocycles. The Balaban J connectivity index is 1.86. The molecule has 27 heavy (non-hydrogen) atoms. The molecule has 1 heterocycles. The van der Waals surface area contributed by atoms with Crippen LogP contribution in [0.4, 0.5) is 14.5 Å². The largest absolute Gasteiger partial charge is 0.320 e. The van der Waals surface area contributed by atoms with Gasteiger partial charge < -0.3 is 10.6 Å². The van der Waals surface area contributed by atoms with Crippen molar-refractivity contribution in [2.24, 2.45) is 5.73 Å². The Morgan fingerprint density at radius 3 is 2.44 bits per heavy atom. The molecule has 1 amide bonds. The van der Waals surface area contributed by atoms with Crippen LogP contribution in [0.2, 0.25) is 0 Å². The van der Waals surface area contributed by atoms with E-state index in [0.717, 1.165) is 6.07 Å². The molecule has 0 radical (unpaired) electrons. The molecule has 138 valence electrons. The number of rotatable bonds is 6. The smallest absolute Gasteiger partial charge is 0.244 e. The van der Waals surface area contributed by atoms with Crippen molar-refractivity contribution in [2.75, 3.05) is 11.4 Å². The lowest BCUT2D eigenvalue weighted by molar-refractivity contribution is -0.119. The lowest BCUT2D eigenvalue weighted by Crippen LogP contribution is -2.45. The quantitative estimate of drug-likeness (QED) is 0.679. The summed E-state index contributed by atoms with van der Waals surface area (Å²) in [6.45, 7) is 3.91. The third-order valence-corrected chi connectivity index (χ3v) is 4.04. The number of carbonyl (C=O) groups excluding carboxylic acids is 1. The van der Waals surface area contributed by atoms with Crippen molar-refractivity contribution in [3.63, 3.8) is 0 Å². The summed E-state index contributed by atoms with van der Waals surface area (Å²) in [6.07, 6.45) is 4.74. The molecular weight excluding hydrogens is 350 g/mol. The average Bonchev–Trinajstić information content (AvgIpc) is 2.64. The topological polar surface area (TPSA) is 72.1 Å². The summed E-state index contributed by atoms with van der Waals surface area (Å²) in [5.74, 6) is -1.80. The zero-order chi connectivity index (χ0) is 19.4. The number of aromatic nitrogens is 2. The van der Waals surface area contributed by atoms with Crippen molar-refractivity contribution in [1.29, 1.82) is 0 Å². The number of amides is 1. The third-order valence-electron chi connectivity index (χ3n) is 4.04. The van der Waals surface area contributed by atoms with Gasteiger partial charge in [-0.15, -0.1) is 6.58 Å². The number of carbonyl (C=O) groups is 1. The molecule has 0 fully saturated rings. The van der Waals surface area contributed by atoms with E-state index < -0.39 is 17.7 Å². The molecule has 3 aromatic rings. The molecule has 2 N–H and O–H groups in total. The molecule has 1 atom stereocenters. The number of benzene rings is 2. The molecule has 0 bridgehead atoms. The lowest BCUT2D eigenvalue weighted by atomic mass is 10.0. The fourth-order valence-corrected chi connectivity index (χ4v) is 2.84. The zero-order valence-electron chi connectivity index (χ0n) is 14.5. The van der Waals surface area contributed by atoms with Gasteiger partial charge in [-0.25, -0.2) is 8.78 Å². The van der Waals surface area contributed by atoms with E-state index >= 15 is 0 Å². The highest BCUT2D eigenvalue weighted by atomic mass is 19.1. The van der Waals surface area contributed by atoms with Gasteiger partial charge >= 0.3 is 0 Å². The third kappa shape index (κ3) is 4.32. The Labute approximate surface area is 155 Å². The van der Waals surface area contributed by atoms with Crippen molar-refractivity contribution in [2.45, 2.75) is 12.5 Å². The molecular formula is C20H18F2N4O. The van der Waals surface area contributed by atoms with Gasteiger partial charge in [0.25, 0.3) is 0 Å². The molecule has 0 saturated heterocycles. The minimum absolute atomic E-state index is 0.00848. The van der Waals surface area contributed by atoms with E-state index in [9.17, 15) is 13.6 Å². The maximum Gasteiger partial charge on any atom is 0.244 e. The van der Waals surface area contributed by atoms with E-state index in [4.69, 9.17) is 5.73 Å². The van der Waals surface area contributed by atoms with Crippen LogP contribution in [0.25, 0.3) is 11.0 Å². The first kappa shape index (κ1) is 18.6. The predicted octanol–water partition coefficient (Wildman–Crippen LogP) is 3.00. The summed E-state index contributed by atoms with van der Waals surface area (Å²) in [4.78, 5) is 22.8. The number of anilines is 1. The van der Waals surface area contributed by atoms with Crippen LogP contribution in [-0.2, 0) is 11.2 Å². The normalized spacial score (nSPS) is 12.0. The van der Waals surface area contributed by atoms with Crippen molar-refractivity contribution >= 4 is 22.6 Å². The van der Waals surface area contributed by atoms with Gasteiger partial charge in [0.05, 0.1) is 17.1 Å². The number of hydrogen-bond acceptors (Lipinski definition) is 4. The van der Waals surface area contributed by atoms with E-state index in [-0.39, 0.29) is 18.9 Å². The summed E-state index contributed by atoms with van der Waals surface area (Å²) in [7, 11) is 0. The van der Waals surface area contributed by atoms with Gasteiger partial charge in [-0.05, 0) is 42.3 Å². The summed E-state index contributed by atoms with van der Waals surface area (Å²) >= 11 is 0. The van der Waals surface area contributed by atoms with Crippen LogP contribution in [0.15, 0.2) is 61.4 Å². The minimum Gasteiger partial charge on any atom is -0.320 e. The number of nitrogens with two attached hydrogens (primary N) is 1. The predicted molar refractivity (Wildman–Crippen MR) is 100 cm³/mol. The molecule has 0 aliphatic carbocycles. The number of fused-ring (bicyclic) bond motifs is 1. The molecule has 5 nitrogen and oxygen atoms in total. The van der Waals surface area contributed by atoms with E-state index in [0.29, 0.717) is 22.3 Å². The number of halogens is 2. The molecule has 3 rings (SSSR count). The van der Waals surface area contributed by atoms with E-state index in [1.165, 1.54) is 17.0 Å². The van der Waals surface area contributed by atoms with Gasteiger partial charge in [-0.1, -0.05) is 6.08 Å². The maximum absolute atomic E-state index is 13.4. The highest BCUT2D eigenvalue weighted by Crippen LogP contribution is 2.21. The summed E-state index contributed by atoms with van der Waals surface area (Å²) in [5, 5.41) is 0. The Kier molecular flexibility index (Phi) is 5.52. The highest BCUT2D eigenvalue weighted by Gasteiger charge is 2.23. The Hall–Kier alpha value is -3.19. The minimum atomic E-state index is -0.969. The van der Waals surface area contributed by atoms with Crippen LogP contribution in [0.5, 0.6) is 0 Å². The van der Waals surface area contributed by atoms with E-state index in [2.05, 4.69) is 16.5 Å². The standard InChI is InChI=1S/C20H18F2N4O/c1-2-7-26(16-3-4-18-19(12-16)25-6-5-24-18)20(27)17(23)10-13-8-14(21)11-15(22)9-13/h2-6,8-9,11-12,17H,1,7,10,23H2/t17-/m0/s1. The summed E-state index contributed by atoms with van der Waals surface area (Å²) < 4.78 is 26.7. The molecule has 0 aliphatic heterocycles. The van der Waals surface area contributed by atoms with E-state index in [1.807, 2.05) is 0 Å². The zero-order valence-corrected chi connectivity index (χ0v) is 14.5. The van der Waals surface area contributed by atoms with Crippen molar-refractivity contribution in [3.8, 4) is 0 Å². The molecule has 0 spiro atoms. The first-order valence-electron chi connectivity index (χ1n) is 8.31. The number of hydrogen-bond donors (Lipinski definition) is 1. The fourth-order valence-electron chi connectivity index (χ4n) is 2.84. The van der Waals surface area contributed by atoms with Crippen molar-refractivity contribution < 1.29 is 13.6 Å². The number of nitrogens with zero attached hydrogens (tertiary/aromatic N) is 3. The first-order chi connectivity index (χ1) is 13.0. The van der Waals surface area contributed by atoms with Gasteiger partial charge in [-0.2, -0.15) is 0 Å². The summed E-state index contributed by atoms with van der Waals surface area (Å²) in [6, 6.07) is 7.37. The van der Waals surface area contributed by atoms with E-state index in [1.54, 1.807) is 36.7 Å². The van der Waals surface area contributed by atoms with Crippen LogP contribution >= 0.6 is 0 Å². The van der Waals surface area contributed by atoms with Gasteiger partial charge in [-0.3, -0.25) is 14.8 Å². The fraction of sp³-hybridized carbons (Fsp3) is 0.150. The monoisotopic (exact) mass is 368 g/mol. The van der Waals surface area contributed by atoms with Crippen LogP contribution in [-0.4, -0.2) is 28.5 Å². The van der Waals surface area contributed by atoms with Crippen molar-refractivity contribution in [1.82, 2.24) is 9.97 Å². The lowest BCUT2D eigenvalue weighted by Gasteiger charge is -2.25. The SMILES string of the molecule is C=CCN(C(=O)[C@@H](N)Cc1cc(F)cc(F)c1)c1ccc2nccnc2c1. The average molecular weight is 368 g/mol. The Bertz CT molecular complexity index is 972. The van der Waals surface area contributed by atoms with Crippen LogP contribution in [0.3, 0.4) is 0 Å². The van der Waals surface area contributed by atoms with Crippen LogP contribution < -0.4 is 10.6 Å². The molecule has 7 heteroatoms. The maximum atomic E-state index is 13.4. The van der Waals surface area contributed by atoms with Crippen LogP contribution in [0.1, 0.15) is 5.56 Å². The van der Waals surface area contributed by atoms with Crippen molar-refractivity contribution in [3.05, 3.63) is 78.6 Å². The first-order valence-corrected chi connectivity index (χ1v) is 8.31. The Morgan fingerprint density at radius 2 is 1.78 bits per heavy atom. The summed E-state index contributed by atoms with van der Waals surface area (Å²) in [5.41, 5.74) is 8.28. The van der Waals surface area contributed by atoms with Gasteiger partial charge in [0.1, 0.15) is 11.6 Å². The van der Waals surface area contributed by atoms with Crippen LogP contribution in [0, 0.1) is 11.6 Å². The second-order valence-corrected chi connectivity index (χ2v) is 6.06. The van der Waals surface area contributed by atoms with Gasteiger partial charge in [0, 0.05) is 30.7 Å². The highest BCUT2D eigenvalue weighted by molar-refractivity contribution is 5.98. The van der Waals surface area contributed by atoms with Gasteiger partial charge in [0.15, 0.2) is 0 Å². The molecule has 2 aromatic carbocycles.